The fourth-order valence-corrected chi connectivity index (χ4v) is 2.81. The highest BCUT2D eigenvalue weighted by Crippen LogP contribution is 2.33. The maximum atomic E-state index is 12.7. The Kier molecular flexibility index (Phi) is 7.75. The summed E-state index contributed by atoms with van der Waals surface area (Å²) in [6, 6.07) is 0. The molecule has 162 valence electrons. The van der Waals surface area contributed by atoms with E-state index in [-0.39, 0.29) is 0 Å². The zero-order valence-electron chi connectivity index (χ0n) is 14.7. The molecule has 0 aromatic rings. The third-order valence-electron chi connectivity index (χ3n) is 3.19. The Bertz CT molecular complexity index is 705. The van der Waals surface area contributed by atoms with Crippen LogP contribution in [0.5, 0.6) is 0 Å². The van der Waals surface area contributed by atoms with E-state index in [1.165, 1.54) is 0 Å². The van der Waals surface area contributed by atoms with Crippen LogP contribution in [0.4, 0.5) is 13.2 Å². The minimum atomic E-state index is -6.27. The van der Waals surface area contributed by atoms with E-state index in [1.54, 1.807) is 0 Å². The normalized spacial score (nSPS) is 28.3. The first-order chi connectivity index (χ1) is 12.7. The zero-order chi connectivity index (χ0) is 21.9. The second kappa shape index (κ2) is 9.02. The van der Waals surface area contributed by atoms with Gasteiger partial charge in [0.25, 0.3) is 0 Å². The quantitative estimate of drug-likeness (QED) is 0.244. The predicted octanol–water partition coefficient (Wildman–Crippen LogP) is -0.635. The molecule has 11 nitrogen and oxygen atoms in total. The average molecular weight is 438 g/mol. The first-order valence-electron chi connectivity index (χ1n) is 7.46. The summed E-state index contributed by atoms with van der Waals surface area (Å²) in [7, 11) is -6.27. The lowest BCUT2D eigenvalue weighted by Crippen LogP contribution is -2.62. The molecule has 15 heteroatoms. The summed E-state index contributed by atoms with van der Waals surface area (Å²) in [6.07, 6.45) is -10.3. The van der Waals surface area contributed by atoms with E-state index < -0.39 is 70.8 Å². The summed E-state index contributed by atoms with van der Waals surface area (Å²) in [6.45, 7) is 1.88. The first-order valence-corrected chi connectivity index (χ1v) is 8.87. The summed E-state index contributed by atoms with van der Waals surface area (Å²) < 4.78 is 84.0. The van der Waals surface area contributed by atoms with E-state index in [9.17, 15) is 41.1 Å². The van der Waals surface area contributed by atoms with Crippen LogP contribution in [0.15, 0.2) is 0 Å². The maximum absolute atomic E-state index is 12.7. The molecule has 1 N–H and O–H groups in total. The predicted molar refractivity (Wildman–Crippen MR) is 78.5 cm³/mol. The number of aliphatic hydroxyl groups is 1. The lowest BCUT2D eigenvalue weighted by atomic mass is 9.98. The van der Waals surface area contributed by atoms with Crippen molar-refractivity contribution in [3.05, 3.63) is 0 Å². The van der Waals surface area contributed by atoms with Crippen molar-refractivity contribution in [3.63, 3.8) is 0 Å². The van der Waals surface area contributed by atoms with Crippen molar-refractivity contribution in [2.24, 2.45) is 0 Å². The van der Waals surface area contributed by atoms with Crippen LogP contribution < -0.4 is 0 Å². The minimum Gasteiger partial charge on any atom is -0.463 e. The third-order valence-corrected chi connectivity index (χ3v) is 4.23. The Balaban J connectivity index is 3.35. The van der Waals surface area contributed by atoms with E-state index in [1.807, 2.05) is 0 Å². The number of halogens is 3. The van der Waals surface area contributed by atoms with Crippen LogP contribution in [0.25, 0.3) is 0 Å². The Labute approximate surface area is 156 Å². The van der Waals surface area contributed by atoms with Crippen molar-refractivity contribution >= 4 is 28.0 Å². The molecule has 1 rings (SSSR count). The summed E-state index contributed by atoms with van der Waals surface area (Å²) >= 11 is 0. The van der Waals surface area contributed by atoms with Gasteiger partial charge in [0, 0.05) is 20.8 Å². The molecule has 0 aromatic carbocycles. The maximum Gasteiger partial charge on any atom is 0.523 e. The van der Waals surface area contributed by atoms with Crippen LogP contribution >= 0.6 is 0 Å². The molecular formula is C13H17F3O11S. The van der Waals surface area contributed by atoms with Gasteiger partial charge in [-0.2, -0.15) is 21.6 Å². The van der Waals surface area contributed by atoms with Crippen LogP contribution in [0.3, 0.4) is 0 Å². The van der Waals surface area contributed by atoms with Gasteiger partial charge in [0.05, 0.1) is 0 Å². The van der Waals surface area contributed by atoms with E-state index in [2.05, 4.69) is 13.7 Å². The van der Waals surface area contributed by atoms with Gasteiger partial charge in [-0.15, -0.1) is 0 Å². The summed E-state index contributed by atoms with van der Waals surface area (Å²) in [5, 5.41) is 9.94. The molecule has 0 unspecified atom stereocenters. The highest BCUT2D eigenvalue weighted by Gasteiger charge is 2.57. The molecule has 5 atom stereocenters. The van der Waals surface area contributed by atoms with Crippen LogP contribution in [0.2, 0.25) is 0 Å². The van der Waals surface area contributed by atoms with E-state index in [0.29, 0.717) is 0 Å². The van der Waals surface area contributed by atoms with E-state index >= 15 is 0 Å². The number of carbonyl (C=O) groups is 3. The third kappa shape index (κ3) is 6.29. The number of carbonyl (C=O) groups excluding carboxylic acids is 3. The minimum absolute atomic E-state index is 0.747. The van der Waals surface area contributed by atoms with Crippen molar-refractivity contribution in [2.75, 3.05) is 6.61 Å². The van der Waals surface area contributed by atoms with E-state index in [4.69, 9.17) is 9.47 Å². The molecule has 0 aliphatic carbocycles. The van der Waals surface area contributed by atoms with Gasteiger partial charge in [-0.25, -0.2) is 0 Å². The zero-order valence-corrected chi connectivity index (χ0v) is 15.5. The van der Waals surface area contributed by atoms with Crippen molar-refractivity contribution in [3.8, 4) is 0 Å². The summed E-state index contributed by atoms with van der Waals surface area (Å²) in [4.78, 5) is 33.5. The number of esters is 3. The lowest BCUT2D eigenvalue weighted by Gasteiger charge is -2.42. The summed E-state index contributed by atoms with van der Waals surface area (Å²) in [5.41, 5.74) is -5.87. The number of alkyl halides is 3. The molecule has 0 bridgehead atoms. The first kappa shape index (κ1) is 24.1. The molecule has 1 saturated heterocycles. The van der Waals surface area contributed by atoms with Gasteiger partial charge in [-0.3, -0.25) is 18.6 Å². The van der Waals surface area contributed by atoms with Crippen molar-refractivity contribution in [1.82, 2.24) is 0 Å². The molecule has 1 aliphatic rings. The molecule has 0 amide bonds. The summed E-state index contributed by atoms with van der Waals surface area (Å²) in [5.74, 6) is -3.09. The molecule has 0 aromatic heterocycles. The van der Waals surface area contributed by atoms with E-state index in [0.717, 1.165) is 20.8 Å². The molecule has 1 heterocycles. The number of ether oxygens (including phenoxy) is 4. The lowest BCUT2D eigenvalue weighted by molar-refractivity contribution is -0.289. The monoisotopic (exact) mass is 438 g/mol. The SMILES string of the molecule is CC(=O)OC[C@H]1O[C@@H](O)[C@H](OC(C)=O)[C@H](OS(=O)(=O)C(F)(F)F)[C@H]1OC(C)=O. The molecule has 0 radical (unpaired) electrons. The van der Waals surface area contributed by atoms with Gasteiger partial charge >= 0.3 is 33.5 Å². The molecule has 1 aliphatic heterocycles. The molecule has 0 spiro atoms. The standard InChI is InChI=1S/C13H17F3O11S/c1-5(17)23-4-8-9(24-6(2)18)10(27-28(21,22)13(14,15)16)11(12(20)26-8)25-7(3)19/h8-12,20H,4H2,1-3H3/t8-,9+,10-,11-,12-/m1/s1. The van der Waals surface area contributed by atoms with Crippen LogP contribution in [-0.4, -0.2) is 74.3 Å². The Morgan fingerprint density at radius 1 is 0.964 bits per heavy atom. The van der Waals surface area contributed by atoms with Crippen LogP contribution in [0, 0.1) is 0 Å². The Hall–Kier alpha value is -1.97. The van der Waals surface area contributed by atoms with Gasteiger partial charge in [-0.1, -0.05) is 0 Å². The fraction of sp³-hybridized carbons (Fsp3) is 0.769. The number of hydrogen-bond donors (Lipinski definition) is 1. The van der Waals surface area contributed by atoms with Gasteiger partial charge < -0.3 is 24.1 Å². The van der Waals surface area contributed by atoms with Crippen LogP contribution in [-0.2, 0) is 47.6 Å². The molecule has 1 fully saturated rings. The molecule has 28 heavy (non-hydrogen) atoms. The fourth-order valence-electron chi connectivity index (χ4n) is 2.19. The van der Waals surface area contributed by atoms with Gasteiger partial charge in [0.15, 0.2) is 24.6 Å². The van der Waals surface area contributed by atoms with Gasteiger partial charge in [0.2, 0.25) is 0 Å². The van der Waals surface area contributed by atoms with Crippen molar-refractivity contribution in [2.45, 2.75) is 57.0 Å². The smallest absolute Gasteiger partial charge is 0.463 e. The topological polar surface area (TPSA) is 152 Å². The Morgan fingerprint density at radius 2 is 1.46 bits per heavy atom. The second-order valence-corrected chi connectivity index (χ2v) is 7.04. The number of hydrogen-bond acceptors (Lipinski definition) is 11. The highest BCUT2D eigenvalue weighted by atomic mass is 32.2. The molecular weight excluding hydrogens is 421 g/mol. The number of aliphatic hydroxyl groups excluding tert-OH is 1. The average Bonchev–Trinajstić information content (AvgIpc) is 2.49. The van der Waals surface area contributed by atoms with Crippen molar-refractivity contribution in [1.29, 1.82) is 0 Å². The number of rotatable bonds is 6. The second-order valence-electron chi connectivity index (χ2n) is 5.48. The van der Waals surface area contributed by atoms with Crippen molar-refractivity contribution < 1.29 is 64.2 Å². The molecule has 0 saturated carbocycles. The highest BCUT2D eigenvalue weighted by molar-refractivity contribution is 7.87. The van der Waals surface area contributed by atoms with Crippen LogP contribution in [0.1, 0.15) is 20.8 Å². The van der Waals surface area contributed by atoms with Gasteiger partial charge in [-0.05, 0) is 0 Å². The Morgan fingerprint density at radius 3 is 1.89 bits per heavy atom. The largest absolute Gasteiger partial charge is 0.523 e. The van der Waals surface area contributed by atoms with Gasteiger partial charge in [0.1, 0.15) is 12.7 Å².